The molecule has 2 aromatic heterocycles. The van der Waals surface area contributed by atoms with E-state index >= 15 is 0 Å². The average Bonchev–Trinajstić information content (AvgIpc) is 3.02. The summed E-state index contributed by atoms with van der Waals surface area (Å²) < 4.78 is 6.20. The maximum Gasteiger partial charge on any atom is 0.258 e. The predicted octanol–water partition coefficient (Wildman–Crippen LogP) is 4.72. The molecule has 0 bridgehead atoms. The summed E-state index contributed by atoms with van der Waals surface area (Å²) in [4.78, 5) is 21.9. The van der Waals surface area contributed by atoms with Crippen LogP contribution in [0.25, 0.3) is 21.1 Å². The van der Waals surface area contributed by atoms with E-state index < -0.39 is 0 Å². The molecule has 26 heavy (non-hydrogen) atoms. The number of ether oxygens (including phenoxy) is 1. The summed E-state index contributed by atoms with van der Waals surface area (Å²) in [5.41, 5.74) is 4.14. The summed E-state index contributed by atoms with van der Waals surface area (Å²) >= 11 is 1.42. The zero-order valence-electron chi connectivity index (χ0n) is 14.7. The van der Waals surface area contributed by atoms with Gasteiger partial charge in [0, 0.05) is 11.1 Å². The third-order valence-corrected chi connectivity index (χ3v) is 5.09. The molecule has 1 amide bonds. The zero-order chi connectivity index (χ0) is 18.3. The third kappa shape index (κ3) is 2.99. The van der Waals surface area contributed by atoms with Gasteiger partial charge in [0.15, 0.2) is 5.13 Å². The number of carbonyl (C=O) groups is 1. The van der Waals surface area contributed by atoms with Crippen LogP contribution in [-0.2, 0) is 0 Å². The Morgan fingerprint density at radius 2 is 1.85 bits per heavy atom. The lowest BCUT2D eigenvalue weighted by Gasteiger charge is -2.08. The van der Waals surface area contributed by atoms with E-state index in [1.165, 1.54) is 11.3 Å². The Balaban J connectivity index is 1.72. The van der Waals surface area contributed by atoms with Crippen molar-refractivity contribution in [3.63, 3.8) is 0 Å². The molecule has 2 heterocycles. The molecule has 0 unspecified atom stereocenters. The molecule has 0 saturated carbocycles. The second-order valence-electron chi connectivity index (χ2n) is 6.14. The lowest BCUT2D eigenvalue weighted by Crippen LogP contribution is -2.13. The Morgan fingerprint density at radius 1 is 1.04 bits per heavy atom. The highest BCUT2D eigenvalue weighted by Gasteiger charge is 2.15. The lowest BCUT2D eigenvalue weighted by atomic mass is 10.0. The van der Waals surface area contributed by atoms with Crippen molar-refractivity contribution in [3.8, 4) is 5.75 Å². The molecule has 6 heteroatoms. The number of hydrogen-bond acceptors (Lipinski definition) is 5. The van der Waals surface area contributed by atoms with Crippen LogP contribution < -0.4 is 10.1 Å². The van der Waals surface area contributed by atoms with Crippen LogP contribution >= 0.6 is 11.3 Å². The van der Waals surface area contributed by atoms with Crippen molar-refractivity contribution in [1.29, 1.82) is 0 Å². The summed E-state index contributed by atoms with van der Waals surface area (Å²) in [7, 11) is 1.63. The van der Waals surface area contributed by atoms with Crippen LogP contribution in [0.1, 0.15) is 21.6 Å². The summed E-state index contributed by atoms with van der Waals surface area (Å²) in [6, 6.07) is 13.4. The van der Waals surface area contributed by atoms with Gasteiger partial charge in [-0.05, 0) is 50.2 Å². The fourth-order valence-electron chi connectivity index (χ4n) is 2.91. The van der Waals surface area contributed by atoms with Crippen LogP contribution in [-0.4, -0.2) is 23.0 Å². The van der Waals surface area contributed by atoms with Crippen LogP contribution in [0.3, 0.4) is 0 Å². The number of aryl methyl sites for hydroxylation is 2. The van der Waals surface area contributed by atoms with Gasteiger partial charge in [-0.1, -0.05) is 23.0 Å². The highest BCUT2D eigenvalue weighted by molar-refractivity contribution is 7.22. The number of benzene rings is 2. The van der Waals surface area contributed by atoms with E-state index in [1.807, 2.05) is 56.3 Å². The van der Waals surface area contributed by atoms with Gasteiger partial charge < -0.3 is 4.74 Å². The molecule has 2 aromatic carbocycles. The number of fused-ring (bicyclic) bond motifs is 2. The monoisotopic (exact) mass is 363 g/mol. The van der Waals surface area contributed by atoms with Crippen LogP contribution in [0.5, 0.6) is 5.75 Å². The van der Waals surface area contributed by atoms with Gasteiger partial charge in [-0.25, -0.2) is 4.98 Å². The smallest absolute Gasteiger partial charge is 0.258 e. The Labute approximate surface area is 154 Å². The van der Waals surface area contributed by atoms with Crippen molar-refractivity contribution in [2.75, 3.05) is 12.4 Å². The molecule has 1 N–H and O–H groups in total. The minimum Gasteiger partial charge on any atom is -0.497 e. The standard InChI is InChI=1S/C20H17N3O2S/c1-11-4-6-16-14(8-11)15(9-12(2)21-16)19(24)23-20-22-17-7-5-13(25-3)10-18(17)26-20/h4-10H,1-3H3,(H,22,23,24). The summed E-state index contributed by atoms with van der Waals surface area (Å²) in [5.74, 6) is 0.586. The fourth-order valence-corrected chi connectivity index (χ4v) is 3.80. The highest BCUT2D eigenvalue weighted by Crippen LogP contribution is 2.30. The van der Waals surface area contributed by atoms with Gasteiger partial charge in [0.25, 0.3) is 5.91 Å². The van der Waals surface area contributed by atoms with Crippen molar-refractivity contribution >= 4 is 43.5 Å². The fraction of sp³-hybridized carbons (Fsp3) is 0.150. The molecule has 4 rings (SSSR count). The molecular formula is C20H17N3O2S. The minimum atomic E-state index is -0.183. The van der Waals surface area contributed by atoms with E-state index in [0.29, 0.717) is 10.7 Å². The Kier molecular flexibility index (Phi) is 4.05. The van der Waals surface area contributed by atoms with Gasteiger partial charge in [-0.3, -0.25) is 15.1 Å². The van der Waals surface area contributed by atoms with Gasteiger partial charge in [0.05, 0.1) is 28.4 Å². The number of anilines is 1. The molecule has 0 atom stereocenters. The SMILES string of the molecule is COc1ccc2nc(NC(=O)c3cc(C)nc4ccc(C)cc34)sc2c1. The van der Waals surface area contributed by atoms with Gasteiger partial charge in [0.1, 0.15) is 5.75 Å². The molecule has 0 aliphatic heterocycles. The van der Waals surface area contributed by atoms with Gasteiger partial charge in [0.2, 0.25) is 0 Å². The zero-order valence-corrected chi connectivity index (χ0v) is 15.5. The summed E-state index contributed by atoms with van der Waals surface area (Å²) in [6.45, 7) is 3.89. The topological polar surface area (TPSA) is 64.1 Å². The summed E-state index contributed by atoms with van der Waals surface area (Å²) in [5, 5.41) is 4.33. The number of nitrogens with one attached hydrogen (secondary N) is 1. The molecule has 130 valence electrons. The normalized spacial score (nSPS) is 11.0. The Bertz CT molecular complexity index is 1150. The highest BCUT2D eigenvalue weighted by atomic mass is 32.1. The molecular weight excluding hydrogens is 346 g/mol. The van der Waals surface area contributed by atoms with Crippen molar-refractivity contribution in [3.05, 3.63) is 59.3 Å². The molecule has 0 spiro atoms. The predicted molar refractivity (Wildman–Crippen MR) is 105 cm³/mol. The van der Waals surface area contributed by atoms with Crippen molar-refractivity contribution in [2.24, 2.45) is 0 Å². The van der Waals surface area contributed by atoms with Crippen LogP contribution in [0.15, 0.2) is 42.5 Å². The van der Waals surface area contributed by atoms with E-state index in [4.69, 9.17) is 4.74 Å². The second-order valence-corrected chi connectivity index (χ2v) is 7.17. The number of pyridine rings is 1. The first-order valence-electron chi connectivity index (χ1n) is 8.17. The number of carbonyl (C=O) groups excluding carboxylic acids is 1. The number of nitrogens with zero attached hydrogens (tertiary/aromatic N) is 2. The van der Waals surface area contributed by atoms with E-state index in [-0.39, 0.29) is 5.91 Å². The average molecular weight is 363 g/mol. The van der Waals surface area contributed by atoms with E-state index in [2.05, 4.69) is 15.3 Å². The minimum absolute atomic E-state index is 0.183. The number of hydrogen-bond donors (Lipinski definition) is 1. The Hall–Kier alpha value is -2.99. The van der Waals surface area contributed by atoms with E-state index in [0.717, 1.165) is 38.1 Å². The van der Waals surface area contributed by atoms with Crippen LogP contribution in [0.4, 0.5) is 5.13 Å². The molecule has 5 nitrogen and oxygen atoms in total. The summed E-state index contributed by atoms with van der Waals surface area (Å²) in [6.07, 6.45) is 0. The maximum absolute atomic E-state index is 12.9. The quantitative estimate of drug-likeness (QED) is 0.572. The number of methoxy groups -OCH3 is 1. The first kappa shape index (κ1) is 16.5. The number of aromatic nitrogens is 2. The molecule has 0 saturated heterocycles. The number of thiazole rings is 1. The van der Waals surface area contributed by atoms with Crippen molar-refractivity contribution in [2.45, 2.75) is 13.8 Å². The van der Waals surface area contributed by atoms with Crippen molar-refractivity contribution in [1.82, 2.24) is 9.97 Å². The number of amides is 1. The lowest BCUT2D eigenvalue weighted by molar-refractivity contribution is 0.102. The molecule has 0 radical (unpaired) electrons. The van der Waals surface area contributed by atoms with Crippen LogP contribution in [0, 0.1) is 13.8 Å². The third-order valence-electron chi connectivity index (χ3n) is 4.15. The number of rotatable bonds is 3. The van der Waals surface area contributed by atoms with Gasteiger partial charge >= 0.3 is 0 Å². The maximum atomic E-state index is 12.9. The van der Waals surface area contributed by atoms with Gasteiger partial charge in [-0.2, -0.15) is 0 Å². The van der Waals surface area contributed by atoms with Crippen LogP contribution in [0.2, 0.25) is 0 Å². The van der Waals surface area contributed by atoms with E-state index in [9.17, 15) is 4.79 Å². The second kappa shape index (κ2) is 6.38. The van der Waals surface area contributed by atoms with Gasteiger partial charge in [-0.15, -0.1) is 0 Å². The molecule has 0 aliphatic carbocycles. The first-order chi connectivity index (χ1) is 12.5. The first-order valence-corrected chi connectivity index (χ1v) is 8.99. The molecule has 4 aromatic rings. The Morgan fingerprint density at radius 3 is 2.65 bits per heavy atom. The molecule has 0 aliphatic rings. The molecule has 0 fully saturated rings. The largest absolute Gasteiger partial charge is 0.497 e. The van der Waals surface area contributed by atoms with E-state index in [1.54, 1.807) is 7.11 Å². The van der Waals surface area contributed by atoms with Crippen molar-refractivity contribution < 1.29 is 9.53 Å².